The van der Waals surface area contributed by atoms with Crippen molar-refractivity contribution in [3.8, 4) is 22.9 Å². The summed E-state index contributed by atoms with van der Waals surface area (Å²) in [4.78, 5) is 12.5. The Bertz CT molecular complexity index is 984. The van der Waals surface area contributed by atoms with E-state index in [0.717, 1.165) is 6.21 Å². The fourth-order valence-electron chi connectivity index (χ4n) is 2.35. The van der Waals surface area contributed by atoms with Gasteiger partial charge in [-0.1, -0.05) is 17.7 Å². The number of halogens is 1. The molecule has 8 heteroatoms. The van der Waals surface area contributed by atoms with E-state index in [0.29, 0.717) is 16.3 Å². The van der Waals surface area contributed by atoms with Gasteiger partial charge in [-0.3, -0.25) is 4.79 Å². The molecule has 132 valence electrons. The molecule has 3 rings (SSSR count). The van der Waals surface area contributed by atoms with Gasteiger partial charge in [0.1, 0.15) is 0 Å². The standard InChI is InChI=1S/C18H14ClN3O4/c19-13-5-3-4-12(15(13)22-8-1-2-9-22)18(26)21-20-10-11-6-7-14(23)17(25)16(11)24/h1-10,23-25H,(H,21,26)/b20-10+. The summed E-state index contributed by atoms with van der Waals surface area (Å²) >= 11 is 6.22. The molecular weight excluding hydrogens is 358 g/mol. The van der Waals surface area contributed by atoms with Crippen LogP contribution in [0.15, 0.2) is 60.0 Å². The Kier molecular flexibility index (Phi) is 4.81. The van der Waals surface area contributed by atoms with Crippen LogP contribution in [0, 0.1) is 0 Å². The van der Waals surface area contributed by atoms with Crippen LogP contribution < -0.4 is 5.43 Å². The molecule has 0 unspecified atom stereocenters. The molecule has 0 aliphatic heterocycles. The molecule has 4 N–H and O–H groups in total. The molecule has 0 fully saturated rings. The van der Waals surface area contributed by atoms with Gasteiger partial charge in [0.15, 0.2) is 11.5 Å². The molecule has 1 aromatic heterocycles. The molecule has 1 amide bonds. The molecule has 0 aliphatic carbocycles. The highest BCUT2D eigenvalue weighted by Crippen LogP contribution is 2.36. The largest absolute Gasteiger partial charge is 0.504 e. The highest BCUT2D eigenvalue weighted by molar-refractivity contribution is 6.33. The highest BCUT2D eigenvalue weighted by Gasteiger charge is 2.15. The minimum atomic E-state index is -0.662. The number of carbonyl (C=O) groups excluding carboxylic acids is 1. The van der Waals surface area contributed by atoms with Crippen molar-refractivity contribution in [2.24, 2.45) is 5.10 Å². The lowest BCUT2D eigenvalue weighted by Crippen LogP contribution is -2.19. The molecule has 0 saturated carbocycles. The number of hydrogen-bond acceptors (Lipinski definition) is 5. The number of aromatic hydroxyl groups is 3. The summed E-state index contributed by atoms with van der Waals surface area (Å²) in [6.45, 7) is 0. The fourth-order valence-corrected chi connectivity index (χ4v) is 2.63. The third kappa shape index (κ3) is 3.33. The van der Waals surface area contributed by atoms with E-state index in [1.807, 2.05) is 12.1 Å². The number of phenols is 3. The van der Waals surface area contributed by atoms with Crippen LogP contribution in [0.4, 0.5) is 0 Å². The Morgan fingerprint density at radius 3 is 2.50 bits per heavy atom. The third-order valence-electron chi connectivity index (χ3n) is 3.62. The van der Waals surface area contributed by atoms with Gasteiger partial charge in [-0.25, -0.2) is 5.43 Å². The predicted molar refractivity (Wildman–Crippen MR) is 97.3 cm³/mol. The molecule has 3 aromatic rings. The van der Waals surface area contributed by atoms with Gasteiger partial charge < -0.3 is 19.9 Å². The average Bonchev–Trinajstić information content (AvgIpc) is 3.15. The zero-order valence-corrected chi connectivity index (χ0v) is 14.1. The Balaban J connectivity index is 1.84. The van der Waals surface area contributed by atoms with Crippen LogP contribution in [0.1, 0.15) is 15.9 Å². The second-order valence-electron chi connectivity index (χ2n) is 5.30. The van der Waals surface area contributed by atoms with E-state index in [2.05, 4.69) is 10.5 Å². The zero-order valence-electron chi connectivity index (χ0n) is 13.3. The van der Waals surface area contributed by atoms with E-state index >= 15 is 0 Å². The first-order valence-corrected chi connectivity index (χ1v) is 7.86. The number of amides is 1. The molecule has 0 spiro atoms. The molecular formula is C18H14ClN3O4. The predicted octanol–water partition coefficient (Wildman–Crippen LogP) is 3.01. The summed E-state index contributed by atoms with van der Waals surface area (Å²) in [5.41, 5.74) is 3.28. The number of hydrazone groups is 1. The van der Waals surface area contributed by atoms with Crippen LogP contribution >= 0.6 is 11.6 Å². The first-order chi connectivity index (χ1) is 12.5. The van der Waals surface area contributed by atoms with Gasteiger partial charge in [-0.15, -0.1) is 0 Å². The molecule has 2 aromatic carbocycles. The summed E-state index contributed by atoms with van der Waals surface area (Å²) in [5, 5.41) is 32.7. The van der Waals surface area contributed by atoms with E-state index in [-0.39, 0.29) is 5.56 Å². The van der Waals surface area contributed by atoms with Gasteiger partial charge in [0.25, 0.3) is 5.91 Å². The van der Waals surface area contributed by atoms with Crippen LogP contribution in [0.25, 0.3) is 5.69 Å². The number of rotatable bonds is 4. The molecule has 26 heavy (non-hydrogen) atoms. The van der Waals surface area contributed by atoms with Crippen LogP contribution in [0.5, 0.6) is 17.2 Å². The Morgan fingerprint density at radius 2 is 1.77 bits per heavy atom. The van der Waals surface area contributed by atoms with Crippen molar-refractivity contribution in [3.05, 3.63) is 71.0 Å². The minimum absolute atomic E-state index is 0.123. The summed E-state index contributed by atoms with van der Waals surface area (Å²) in [6, 6.07) is 11.1. The molecule has 0 aliphatic rings. The van der Waals surface area contributed by atoms with Crippen molar-refractivity contribution in [1.29, 1.82) is 0 Å². The third-order valence-corrected chi connectivity index (χ3v) is 3.93. The van der Waals surface area contributed by atoms with Crippen molar-refractivity contribution in [2.45, 2.75) is 0 Å². The number of para-hydroxylation sites is 1. The van der Waals surface area contributed by atoms with E-state index < -0.39 is 23.2 Å². The second kappa shape index (κ2) is 7.20. The maximum absolute atomic E-state index is 12.5. The molecule has 0 bridgehead atoms. The van der Waals surface area contributed by atoms with Gasteiger partial charge in [0.2, 0.25) is 5.75 Å². The monoisotopic (exact) mass is 371 g/mol. The first kappa shape index (κ1) is 17.4. The van der Waals surface area contributed by atoms with Crippen molar-refractivity contribution < 1.29 is 20.1 Å². The number of hydrogen-bond donors (Lipinski definition) is 4. The molecule has 7 nitrogen and oxygen atoms in total. The van der Waals surface area contributed by atoms with E-state index in [1.54, 1.807) is 35.2 Å². The van der Waals surface area contributed by atoms with Gasteiger partial charge in [0.05, 0.1) is 22.5 Å². The van der Waals surface area contributed by atoms with Crippen LogP contribution in [0.2, 0.25) is 5.02 Å². The van der Waals surface area contributed by atoms with Gasteiger partial charge >= 0.3 is 0 Å². The summed E-state index contributed by atoms with van der Waals surface area (Å²) in [7, 11) is 0. The number of phenolic OH excluding ortho intramolecular Hbond substituents is 3. The van der Waals surface area contributed by atoms with Gasteiger partial charge in [0, 0.05) is 18.0 Å². The number of carbonyl (C=O) groups is 1. The normalized spacial score (nSPS) is 11.0. The van der Waals surface area contributed by atoms with E-state index in [1.165, 1.54) is 12.1 Å². The highest BCUT2D eigenvalue weighted by atomic mass is 35.5. The smallest absolute Gasteiger partial charge is 0.273 e. The van der Waals surface area contributed by atoms with Crippen LogP contribution in [-0.4, -0.2) is 32.0 Å². The van der Waals surface area contributed by atoms with Gasteiger partial charge in [-0.05, 0) is 36.4 Å². The number of aromatic nitrogens is 1. The second-order valence-corrected chi connectivity index (χ2v) is 5.70. The number of nitrogens with zero attached hydrogens (tertiary/aromatic N) is 2. The average molecular weight is 372 g/mol. The molecule has 1 heterocycles. The SMILES string of the molecule is O=C(N/N=C/c1ccc(O)c(O)c1O)c1cccc(Cl)c1-n1cccc1. The Hall–Kier alpha value is -3.45. The lowest BCUT2D eigenvalue weighted by molar-refractivity contribution is 0.0955. The zero-order chi connectivity index (χ0) is 18.7. The lowest BCUT2D eigenvalue weighted by Gasteiger charge is -2.11. The number of nitrogens with one attached hydrogen (secondary N) is 1. The Morgan fingerprint density at radius 1 is 1.04 bits per heavy atom. The summed E-state index contributed by atoms with van der Waals surface area (Å²) < 4.78 is 1.71. The molecule has 0 radical (unpaired) electrons. The van der Waals surface area contributed by atoms with Crippen molar-refractivity contribution >= 4 is 23.7 Å². The van der Waals surface area contributed by atoms with Crippen LogP contribution in [-0.2, 0) is 0 Å². The fraction of sp³-hybridized carbons (Fsp3) is 0. The van der Waals surface area contributed by atoms with Gasteiger partial charge in [-0.2, -0.15) is 5.10 Å². The number of benzene rings is 2. The van der Waals surface area contributed by atoms with Crippen molar-refractivity contribution in [2.75, 3.05) is 0 Å². The molecule has 0 atom stereocenters. The summed E-state index contributed by atoms with van der Waals surface area (Å²) in [5.74, 6) is -2.17. The van der Waals surface area contributed by atoms with E-state index in [4.69, 9.17) is 11.6 Å². The van der Waals surface area contributed by atoms with E-state index in [9.17, 15) is 20.1 Å². The lowest BCUT2D eigenvalue weighted by atomic mass is 10.1. The van der Waals surface area contributed by atoms with Crippen LogP contribution in [0.3, 0.4) is 0 Å². The minimum Gasteiger partial charge on any atom is -0.504 e. The van der Waals surface area contributed by atoms with Crippen molar-refractivity contribution in [1.82, 2.24) is 9.99 Å². The quantitative estimate of drug-likeness (QED) is 0.321. The maximum Gasteiger partial charge on any atom is 0.273 e. The topological polar surface area (TPSA) is 107 Å². The van der Waals surface area contributed by atoms with Crippen molar-refractivity contribution in [3.63, 3.8) is 0 Å². The maximum atomic E-state index is 12.5. The molecule has 0 saturated heterocycles. The first-order valence-electron chi connectivity index (χ1n) is 7.48. The Labute approximate surface area is 153 Å². The summed E-state index contributed by atoms with van der Waals surface area (Å²) in [6.07, 6.45) is 4.67.